The Morgan fingerprint density at radius 1 is 1.67 bits per heavy atom. The van der Waals surface area contributed by atoms with Crippen molar-refractivity contribution in [2.24, 2.45) is 11.3 Å². The summed E-state index contributed by atoms with van der Waals surface area (Å²) in [7, 11) is 0. The monoisotopic (exact) mass is 170 g/mol. The third-order valence-corrected chi connectivity index (χ3v) is 2.71. The molecule has 2 nitrogen and oxygen atoms in total. The molecule has 1 rings (SSSR count). The van der Waals surface area contributed by atoms with E-state index in [1.807, 2.05) is 0 Å². The van der Waals surface area contributed by atoms with Crippen LogP contribution in [0.25, 0.3) is 0 Å². The summed E-state index contributed by atoms with van der Waals surface area (Å²) in [5.74, 6) is 0.640. The van der Waals surface area contributed by atoms with E-state index in [1.54, 1.807) is 0 Å². The van der Waals surface area contributed by atoms with Gasteiger partial charge in [0.25, 0.3) is 0 Å². The van der Waals surface area contributed by atoms with E-state index in [0.717, 1.165) is 5.92 Å². The van der Waals surface area contributed by atoms with Crippen LogP contribution in [0, 0.1) is 11.3 Å². The van der Waals surface area contributed by atoms with E-state index in [4.69, 9.17) is 4.74 Å². The molecule has 1 aliphatic carbocycles. The number of hydrogen-bond acceptors (Lipinski definition) is 2. The molecule has 70 valence electrons. The smallest absolute Gasteiger partial charge is 0.302 e. The lowest BCUT2D eigenvalue weighted by Gasteiger charge is -2.22. The molecular weight excluding hydrogens is 152 g/mol. The molecule has 0 heterocycles. The normalized spacial score (nSPS) is 35.1. The summed E-state index contributed by atoms with van der Waals surface area (Å²) in [5.41, 5.74) is 0.255. The number of ether oxygens (including phenoxy) is 1. The molecule has 0 aromatic rings. The maximum absolute atomic E-state index is 10.6. The first-order valence-corrected chi connectivity index (χ1v) is 4.65. The van der Waals surface area contributed by atoms with Crippen molar-refractivity contribution in [3.05, 3.63) is 0 Å². The summed E-state index contributed by atoms with van der Waals surface area (Å²) in [4.78, 5) is 10.6. The van der Waals surface area contributed by atoms with E-state index >= 15 is 0 Å². The molecule has 2 unspecified atom stereocenters. The van der Waals surface area contributed by atoms with E-state index in [9.17, 15) is 4.79 Å². The van der Waals surface area contributed by atoms with Crippen molar-refractivity contribution in [3.63, 3.8) is 0 Å². The molecule has 0 saturated heterocycles. The first-order valence-electron chi connectivity index (χ1n) is 4.65. The minimum absolute atomic E-state index is 0.157. The van der Waals surface area contributed by atoms with Gasteiger partial charge in [-0.25, -0.2) is 0 Å². The van der Waals surface area contributed by atoms with Crippen molar-refractivity contribution >= 4 is 5.97 Å². The lowest BCUT2D eigenvalue weighted by molar-refractivity contribution is -0.144. The Balaban J connectivity index is 2.35. The van der Waals surface area contributed by atoms with E-state index < -0.39 is 0 Å². The van der Waals surface area contributed by atoms with Crippen LogP contribution in [0.5, 0.6) is 0 Å². The zero-order chi connectivity index (χ0) is 9.19. The van der Waals surface area contributed by atoms with Crippen LogP contribution in [0.15, 0.2) is 0 Å². The van der Waals surface area contributed by atoms with Crippen LogP contribution in [0.1, 0.15) is 40.0 Å². The fourth-order valence-electron chi connectivity index (χ4n) is 2.05. The summed E-state index contributed by atoms with van der Waals surface area (Å²) in [6, 6.07) is 0. The molecule has 0 bridgehead atoms. The summed E-state index contributed by atoms with van der Waals surface area (Å²) >= 11 is 0. The van der Waals surface area contributed by atoms with Crippen LogP contribution in [0.4, 0.5) is 0 Å². The zero-order valence-corrected chi connectivity index (χ0v) is 8.22. The van der Waals surface area contributed by atoms with Gasteiger partial charge in [0.05, 0.1) is 6.61 Å². The molecule has 1 aliphatic rings. The highest BCUT2D eigenvalue weighted by Crippen LogP contribution is 2.41. The lowest BCUT2D eigenvalue weighted by atomic mass is 9.89. The first kappa shape index (κ1) is 9.56. The minimum Gasteiger partial charge on any atom is -0.465 e. The highest BCUT2D eigenvalue weighted by molar-refractivity contribution is 5.65. The quantitative estimate of drug-likeness (QED) is 0.595. The second kappa shape index (κ2) is 3.46. The Bertz CT molecular complexity index is 177. The molecule has 0 N–H and O–H groups in total. The Labute approximate surface area is 74.3 Å². The lowest BCUT2D eigenvalue weighted by Crippen LogP contribution is -2.21. The number of esters is 1. The highest BCUT2D eigenvalue weighted by Gasteiger charge is 2.33. The van der Waals surface area contributed by atoms with Crippen molar-refractivity contribution in [2.75, 3.05) is 6.61 Å². The Morgan fingerprint density at radius 3 is 2.75 bits per heavy atom. The molecule has 12 heavy (non-hydrogen) atoms. The molecule has 0 aromatic carbocycles. The first-order chi connectivity index (χ1) is 5.52. The average molecular weight is 170 g/mol. The third-order valence-electron chi connectivity index (χ3n) is 2.71. The van der Waals surface area contributed by atoms with Gasteiger partial charge >= 0.3 is 5.97 Å². The minimum atomic E-state index is -0.157. The van der Waals surface area contributed by atoms with Gasteiger partial charge < -0.3 is 4.74 Å². The fourth-order valence-corrected chi connectivity index (χ4v) is 2.05. The molecular formula is C10H18O2. The van der Waals surface area contributed by atoms with Gasteiger partial charge in [-0.1, -0.05) is 20.3 Å². The molecule has 0 radical (unpaired) electrons. The maximum Gasteiger partial charge on any atom is 0.302 e. The summed E-state index contributed by atoms with van der Waals surface area (Å²) in [6.45, 7) is 6.55. The predicted octanol–water partition coefficient (Wildman–Crippen LogP) is 2.38. The van der Waals surface area contributed by atoms with Crippen LogP contribution in [0.3, 0.4) is 0 Å². The Kier molecular flexibility index (Phi) is 2.76. The maximum atomic E-state index is 10.6. The predicted molar refractivity (Wildman–Crippen MR) is 47.8 cm³/mol. The van der Waals surface area contributed by atoms with Crippen molar-refractivity contribution in [2.45, 2.75) is 40.0 Å². The molecule has 0 aliphatic heterocycles. The molecule has 2 heteroatoms. The standard InChI is InChI=1S/C10H18O2/c1-8-4-5-10(3,6-8)7-12-9(2)11/h8H,4-7H2,1-3H3. The van der Waals surface area contributed by atoms with Gasteiger partial charge in [-0.3, -0.25) is 4.79 Å². The summed E-state index contributed by atoms with van der Waals surface area (Å²) in [5, 5.41) is 0. The van der Waals surface area contributed by atoms with Crippen LogP contribution >= 0.6 is 0 Å². The Morgan fingerprint density at radius 2 is 2.33 bits per heavy atom. The summed E-state index contributed by atoms with van der Waals surface area (Å²) in [6.07, 6.45) is 3.67. The molecule has 0 spiro atoms. The van der Waals surface area contributed by atoms with Gasteiger partial charge in [-0.05, 0) is 18.8 Å². The molecule has 1 fully saturated rings. The number of hydrogen-bond donors (Lipinski definition) is 0. The van der Waals surface area contributed by atoms with Gasteiger partial charge in [-0.2, -0.15) is 0 Å². The van der Waals surface area contributed by atoms with Crippen LogP contribution in [-0.4, -0.2) is 12.6 Å². The Hall–Kier alpha value is -0.530. The van der Waals surface area contributed by atoms with Crippen LogP contribution in [-0.2, 0) is 9.53 Å². The molecule has 0 amide bonds. The number of carbonyl (C=O) groups excluding carboxylic acids is 1. The van der Waals surface area contributed by atoms with Crippen LogP contribution < -0.4 is 0 Å². The second-order valence-electron chi connectivity index (χ2n) is 4.44. The summed E-state index contributed by atoms with van der Waals surface area (Å²) < 4.78 is 5.04. The van der Waals surface area contributed by atoms with E-state index in [2.05, 4.69) is 13.8 Å². The zero-order valence-electron chi connectivity index (χ0n) is 8.22. The van der Waals surface area contributed by atoms with E-state index in [-0.39, 0.29) is 11.4 Å². The van der Waals surface area contributed by atoms with Crippen molar-refractivity contribution < 1.29 is 9.53 Å². The number of carbonyl (C=O) groups is 1. The fraction of sp³-hybridized carbons (Fsp3) is 0.900. The molecule has 2 atom stereocenters. The third kappa shape index (κ3) is 2.50. The number of rotatable bonds is 2. The average Bonchev–Trinajstić information content (AvgIpc) is 2.29. The van der Waals surface area contributed by atoms with Crippen molar-refractivity contribution in [1.82, 2.24) is 0 Å². The molecule has 0 aromatic heterocycles. The van der Waals surface area contributed by atoms with Gasteiger partial charge in [-0.15, -0.1) is 0 Å². The van der Waals surface area contributed by atoms with E-state index in [0.29, 0.717) is 6.61 Å². The molecule has 1 saturated carbocycles. The van der Waals surface area contributed by atoms with Gasteiger partial charge in [0.1, 0.15) is 0 Å². The SMILES string of the molecule is CC(=O)OCC1(C)CCC(C)C1. The van der Waals surface area contributed by atoms with Gasteiger partial charge in [0.2, 0.25) is 0 Å². The van der Waals surface area contributed by atoms with Crippen molar-refractivity contribution in [1.29, 1.82) is 0 Å². The van der Waals surface area contributed by atoms with Gasteiger partial charge in [0.15, 0.2) is 0 Å². The van der Waals surface area contributed by atoms with Crippen molar-refractivity contribution in [3.8, 4) is 0 Å². The van der Waals surface area contributed by atoms with E-state index in [1.165, 1.54) is 26.2 Å². The largest absolute Gasteiger partial charge is 0.465 e. The van der Waals surface area contributed by atoms with Gasteiger partial charge in [0, 0.05) is 12.3 Å². The topological polar surface area (TPSA) is 26.3 Å². The van der Waals surface area contributed by atoms with Crippen LogP contribution in [0.2, 0.25) is 0 Å². The highest BCUT2D eigenvalue weighted by atomic mass is 16.5. The second-order valence-corrected chi connectivity index (χ2v) is 4.44.